The van der Waals surface area contributed by atoms with Crippen LogP contribution < -0.4 is 0 Å². The summed E-state index contributed by atoms with van der Waals surface area (Å²) in [4.78, 5) is 0. The Morgan fingerprint density at radius 2 is 0.385 bits per heavy atom. The summed E-state index contributed by atoms with van der Waals surface area (Å²) in [7, 11) is 52.4. The molecular weight excluding hydrogens is 422 g/mol. The highest BCUT2D eigenvalue weighted by molar-refractivity contribution is 8.31. The van der Waals surface area contributed by atoms with Crippen molar-refractivity contribution in [2.75, 3.05) is 0 Å². The molecule has 39 heavy (non-hydrogen) atoms. The number of hydrogen-bond donors (Lipinski definition) is 0. The van der Waals surface area contributed by atoms with Crippen LogP contribution in [0.2, 0.25) is 0 Å². The molecule has 0 N–H and O–H groups in total. The smallest absolute Gasteiger partial charge is 0.000104 e. The van der Waals surface area contributed by atoms with Crippen molar-refractivity contribution in [2.45, 2.75) is 0 Å². The lowest BCUT2D eigenvalue weighted by Gasteiger charge is -2.53. The van der Waals surface area contributed by atoms with Gasteiger partial charge in [-0.3, -0.25) is 0 Å². The average molecular weight is 463 g/mol. The van der Waals surface area contributed by atoms with E-state index in [2.05, 4.69) is 155 Å². The molecular formula is H41B39. The fourth-order valence-electron chi connectivity index (χ4n) is 10.7. The van der Waals surface area contributed by atoms with E-state index < -0.39 is 0 Å². The maximum absolute atomic E-state index is 2.62. The van der Waals surface area contributed by atoms with Crippen LogP contribution in [0.25, 0.3) is 0 Å². The molecule has 158 valence electrons. The molecule has 0 aliphatic carbocycles. The number of hydrogen-bond acceptors (Lipinski definition) is 0. The van der Waals surface area contributed by atoms with Crippen LogP contribution in [0.4, 0.5) is 0 Å². The summed E-state index contributed by atoms with van der Waals surface area (Å²) in [6.07, 6.45) is 13.1. The third-order valence-corrected chi connectivity index (χ3v) is 11.3. The topological polar surface area (TPSA) is 0 Å². The molecule has 0 aromatic heterocycles. The van der Waals surface area contributed by atoms with Crippen molar-refractivity contribution in [3.8, 4) is 0 Å². The molecule has 0 aliphatic rings. The monoisotopic (exact) mass is 471 g/mol. The fourth-order valence-corrected chi connectivity index (χ4v) is 10.7. The maximum Gasteiger partial charge on any atom is 0.0594 e. The summed E-state index contributed by atoms with van der Waals surface area (Å²) in [5.41, 5.74) is 0. The Bertz CT molecular complexity index is 502. The lowest BCUT2D eigenvalue weighted by Crippen LogP contribution is -2.92. The molecule has 0 rings (SSSR count). The van der Waals surface area contributed by atoms with Crippen LogP contribution in [0.3, 0.4) is 0 Å². The third-order valence-electron chi connectivity index (χ3n) is 11.3. The summed E-state index contributed by atoms with van der Waals surface area (Å²) in [5.74, 6) is 0. The standard InChI is InChI=1S/B39H41/c1-21-31(20)36(30(18)19)39(37(32(22(2)3)23(4)5)33(24(6)7)25(8)9)38(34(26(10)11)27(12)13)35(28(14)15)29(16)17/h21H,1-20H2. The van der Waals surface area contributed by atoms with Crippen molar-refractivity contribution in [2.24, 2.45) is 0 Å². The molecule has 0 saturated carbocycles. The molecule has 0 bridgehead atoms. The van der Waals surface area contributed by atoms with E-state index in [-0.39, 0.29) is 0 Å². The molecule has 0 nitrogen and oxygen atoms in total. The van der Waals surface area contributed by atoms with Gasteiger partial charge >= 0.3 is 0 Å². The van der Waals surface area contributed by atoms with Gasteiger partial charge in [-0.2, -0.15) is 0 Å². The first kappa shape index (κ1) is 41.5. The SMILES string of the molecule is BBB(B)B(B(B)B)B(B(B(B(B)B)B(B)B)B(B(B)B)B(B)B)B(B(B(B)B)B(B)B)B(B(B)B)B(B)B. The lowest BCUT2D eigenvalue weighted by molar-refractivity contribution is 3.22. The first-order valence-electron chi connectivity index (χ1n) is 17.8. The molecule has 0 spiro atoms. The van der Waals surface area contributed by atoms with Crippen LogP contribution in [0.15, 0.2) is 0 Å². The average Bonchev–Trinajstić information content (AvgIpc) is 2.73. The van der Waals surface area contributed by atoms with Crippen molar-refractivity contribution in [1.29, 1.82) is 0 Å². The molecule has 0 saturated heterocycles. The van der Waals surface area contributed by atoms with Crippen molar-refractivity contribution in [3.05, 3.63) is 0 Å². The molecule has 39 heteroatoms. The van der Waals surface area contributed by atoms with Crippen molar-refractivity contribution < 1.29 is 0 Å². The van der Waals surface area contributed by atoms with E-state index in [1.54, 1.807) is 0 Å². The summed E-state index contributed by atoms with van der Waals surface area (Å²) in [6, 6.07) is 0. The highest BCUT2D eigenvalue weighted by atomic mass is 13.4. The Morgan fingerprint density at radius 1 is 0.231 bits per heavy atom. The van der Waals surface area contributed by atoms with E-state index in [1.807, 2.05) is 0 Å². The van der Waals surface area contributed by atoms with Gasteiger partial charge in [0, 0.05) is 122 Å². The van der Waals surface area contributed by atoms with Gasteiger partial charge in [-0.15, -0.1) is 0 Å². The van der Waals surface area contributed by atoms with E-state index >= 15 is 0 Å². The molecule has 0 aliphatic heterocycles. The second kappa shape index (κ2) is 19.1. The maximum atomic E-state index is 2.62. The van der Waals surface area contributed by atoms with E-state index in [9.17, 15) is 0 Å². The molecule has 0 amide bonds. The second-order valence-electron chi connectivity index (χ2n) is 17.2. The molecule has 0 aromatic rings. The summed E-state index contributed by atoms with van der Waals surface area (Å²) >= 11 is 0. The second-order valence-corrected chi connectivity index (χ2v) is 17.2. The molecule has 0 heterocycles. The molecule has 0 radical (unpaired) electrons. The van der Waals surface area contributed by atoms with Gasteiger partial charge < -0.3 is 0 Å². The zero-order valence-electron chi connectivity index (χ0n) is 31.1. The molecule has 0 atom stereocenters. The molecule has 0 unspecified atom stereocenters. The van der Waals surface area contributed by atoms with Crippen LogP contribution in [-0.2, 0) is 0 Å². The van der Waals surface area contributed by atoms with E-state index in [4.69, 9.17) is 0 Å². The third kappa shape index (κ3) is 11.4. The van der Waals surface area contributed by atoms with E-state index in [0.717, 1.165) is 57.5 Å². The largest absolute Gasteiger partial charge is 0.0594 e. The summed E-state index contributed by atoms with van der Waals surface area (Å²) in [6.45, 7) is 0. The van der Waals surface area contributed by atoms with Gasteiger partial charge in [0.05, 0.1) is 155 Å². The minimum Gasteiger partial charge on any atom is 0.000104 e. The van der Waals surface area contributed by atoms with Crippen LogP contribution in [-0.4, -0.2) is 277 Å². The zero-order valence-corrected chi connectivity index (χ0v) is 31.1. The van der Waals surface area contributed by atoms with E-state index in [0.29, 0.717) is 57.5 Å². The quantitative estimate of drug-likeness (QED) is 0.178. The lowest BCUT2D eigenvalue weighted by atomic mass is 8.28. The van der Waals surface area contributed by atoms with Gasteiger partial charge in [0.2, 0.25) is 0 Å². The minimum atomic E-state index is 0.704. The predicted molar refractivity (Wildman–Crippen MR) is 282 cm³/mol. The van der Waals surface area contributed by atoms with Crippen LogP contribution in [0.1, 0.15) is 0 Å². The highest BCUT2D eigenvalue weighted by Gasteiger charge is 2.57. The Hall–Kier alpha value is 2.53. The van der Waals surface area contributed by atoms with Crippen LogP contribution in [0, 0.1) is 0 Å². The van der Waals surface area contributed by atoms with Crippen molar-refractivity contribution >= 4 is 277 Å². The van der Waals surface area contributed by atoms with Crippen LogP contribution >= 0.6 is 0 Å². The Balaban J connectivity index is 8.23. The zero-order chi connectivity index (χ0) is 31.1. The Labute approximate surface area is 275 Å². The first-order chi connectivity index (χ1) is 17.8. The summed E-state index contributed by atoms with van der Waals surface area (Å²) < 4.78 is 0. The number of rotatable bonds is 18. The van der Waals surface area contributed by atoms with Crippen LogP contribution in [0.5, 0.6) is 0 Å². The summed E-state index contributed by atoms with van der Waals surface area (Å²) in [5, 5.41) is 0. The van der Waals surface area contributed by atoms with Gasteiger partial charge in [0.25, 0.3) is 0 Å². The van der Waals surface area contributed by atoms with Crippen molar-refractivity contribution in [3.63, 3.8) is 0 Å². The van der Waals surface area contributed by atoms with Gasteiger partial charge in [-0.05, 0) is 0 Å². The first-order valence-corrected chi connectivity index (χ1v) is 17.8. The van der Waals surface area contributed by atoms with Gasteiger partial charge in [0.15, 0.2) is 0 Å². The van der Waals surface area contributed by atoms with Gasteiger partial charge in [-0.1, -0.05) is 0 Å². The minimum absolute atomic E-state index is 0.704. The van der Waals surface area contributed by atoms with Gasteiger partial charge in [-0.25, -0.2) is 0 Å². The van der Waals surface area contributed by atoms with E-state index in [1.165, 1.54) is 7.06 Å². The fraction of sp³-hybridized carbons (Fsp3) is 0. The van der Waals surface area contributed by atoms with Gasteiger partial charge in [0.1, 0.15) is 0 Å². The molecule has 0 aromatic carbocycles. The predicted octanol–water partition coefficient (Wildman–Crippen LogP) is -25.8. The highest BCUT2D eigenvalue weighted by Crippen LogP contribution is 2.18. The normalized spacial score (nSPS) is 9.54. The molecule has 0 fully saturated rings. The Kier molecular flexibility index (Phi) is 20.4. The Morgan fingerprint density at radius 3 is 0.513 bits per heavy atom. The van der Waals surface area contributed by atoms with Crippen molar-refractivity contribution in [1.82, 2.24) is 0 Å².